The van der Waals surface area contributed by atoms with E-state index >= 15 is 0 Å². The van der Waals surface area contributed by atoms with E-state index < -0.39 is 17.3 Å². The molecular formula is C18H23F3N4O. The summed E-state index contributed by atoms with van der Waals surface area (Å²) in [6, 6.07) is 5.58. The molecule has 0 unspecified atom stereocenters. The number of hydrogen-bond donors (Lipinski definition) is 1. The van der Waals surface area contributed by atoms with Crippen LogP contribution >= 0.6 is 0 Å². The Labute approximate surface area is 150 Å². The van der Waals surface area contributed by atoms with Gasteiger partial charge in [0.05, 0.1) is 17.8 Å². The lowest BCUT2D eigenvalue weighted by atomic mass is 10.0. The van der Waals surface area contributed by atoms with Crippen LogP contribution in [0.5, 0.6) is 0 Å². The van der Waals surface area contributed by atoms with Crippen LogP contribution in [-0.4, -0.2) is 38.1 Å². The zero-order valence-corrected chi connectivity index (χ0v) is 14.9. The van der Waals surface area contributed by atoms with Crippen molar-refractivity contribution in [3.05, 3.63) is 47.3 Å². The average molecular weight is 368 g/mol. The van der Waals surface area contributed by atoms with Crippen LogP contribution in [0.25, 0.3) is 0 Å². The zero-order chi connectivity index (χ0) is 18.9. The van der Waals surface area contributed by atoms with Crippen LogP contribution in [0, 0.1) is 0 Å². The number of likely N-dealkylation sites (tertiary alicyclic amines) is 1. The van der Waals surface area contributed by atoms with Crippen molar-refractivity contribution < 1.29 is 18.3 Å². The van der Waals surface area contributed by atoms with Crippen molar-refractivity contribution >= 4 is 0 Å². The maximum absolute atomic E-state index is 12.6. The van der Waals surface area contributed by atoms with Crippen molar-refractivity contribution in [3.63, 3.8) is 0 Å². The van der Waals surface area contributed by atoms with Crippen LogP contribution in [0.1, 0.15) is 49.6 Å². The second-order valence-corrected chi connectivity index (χ2v) is 7.34. The molecule has 5 nitrogen and oxygen atoms in total. The molecule has 0 radical (unpaired) electrons. The molecule has 1 fully saturated rings. The number of halogens is 3. The number of benzene rings is 1. The number of hydrogen-bond acceptors (Lipinski definition) is 4. The van der Waals surface area contributed by atoms with Gasteiger partial charge in [0, 0.05) is 19.6 Å². The van der Waals surface area contributed by atoms with Gasteiger partial charge in [-0.3, -0.25) is 4.90 Å². The minimum absolute atomic E-state index is 0.224. The fourth-order valence-corrected chi connectivity index (χ4v) is 3.13. The van der Waals surface area contributed by atoms with Gasteiger partial charge in [-0.05, 0) is 44.4 Å². The molecule has 3 rings (SSSR count). The van der Waals surface area contributed by atoms with Gasteiger partial charge in [-0.2, -0.15) is 13.2 Å². The van der Waals surface area contributed by atoms with Gasteiger partial charge in [0.1, 0.15) is 11.3 Å². The van der Waals surface area contributed by atoms with Crippen molar-refractivity contribution in [3.8, 4) is 0 Å². The zero-order valence-electron chi connectivity index (χ0n) is 14.9. The van der Waals surface area contributed by atoms with Crippen LogP contribution in [0.3, 0.4) is 0 Å². The normalized spacial score (nSPS) is 17.6. The number of aromatic nitrogens is 3. The Morgan fingerprint density at radius 1 is 1.12 bits per heavy atom. The van der Waals surface area contributed by atoms with E-state index in [9.17, 15) is 18.3 Å². The Morgan fingerprint density at radius 2 is 1.73 bits per heavy atom. The predicted molar refractivity (Wildman–Crippen MR) is 90.3 cm³/mol. The molecule has 0 spiro atoms. The predicted octanol–water partition coefficient (Wildman–Crippen LogP) is 3.36. The van der Waals surface area contributed by atoms with E-state index in [0.717, 1.165) is 43.6 Å². The maximum Gasteiger partial charge on any atom is 0.416 e. The molecule has 0 atom stereocenters. The summed E-state index contributed by atoms with van der Waals surface area (Å²) in [5.41, 5.74) is -0.207. The molecule has 1 aliphatic heterocycles. The summed E-state index contributed by atoms with van der Waals surface area (Å²) in [7, 11) is 0. The molecule has 0 bridgehead atoms. The third-order valence-corrected chi connectivity index (χ3v) is 4.76. The third-order valence-electron chi connectivity index (χ3n) is 4.76. The average Bonchev–Trinajstić information content (AvgIpc) is 3.05. The van der Waals surface area contributed by atoms with Crippen LogP contribution < -0.4 is 0 Å². The summed E-state index contributed by atoms with van der Waals surface area (Å²) in [6.45, 7) is 5.66. The molecule has 2 aromatic rings. The van der Waals surface area contributed by atoms with E-state index in [1.54, 1.807) is 32.2 Å². The minimum Gasteiger partial charge on any atom is -0.384 e. The molecule has 8 heteroatoms. The topological polar surface area (TPSA) is 54.2 Å². The van der Waals surface area contributed by atoms with Crippen molar-refractivity contribution in [2.45, 2.75) is 51.1 Å². The van der Waals surface area contributed by atoms with E-state index in [1.807, 2.05) is 4.68 Å². The smallest absolute Gasteiger partial charge is 0.384 e. The quantitative estimate of drug-likeness (QED) is 0.899. The number of piperidine rings is 1. The third kappa shape index (κ3) is 4.42. The van der Waals surface area contributed by atoms with E-state index in [-0.39, 0.29) is 6.04 Å². The summed E-state index contributed by atoms with van der Waals surface area (Å²) in [4.78, 5) is 2.23. The number of rotatable bonds is 4. The Balaban J connectivity index is 1.55. The highest BCUT2D eigenvalue weighted by Crippen LogP contribution is 2.30. The summed E-state index contributed by atoms with van der Waals surface area (Å²) in [5, 5.41) is 18.1. The Hall–Kier alpha value is -1.93. The highest BCUT2D eigenvalue weighted by atomic mass is 19.4. The van der Waals surface area contributed by atoms with Gasteiger partial charge in [-0.15, -0.1) is 5.10 Å². The van der Waals surface area contributed by atoms with Crippen molar-refractivity contribution in [1.82, 2.24) is 19.9 Å². The van der Waals surface area contributed by atoms with Crippen molar-refractivity contribution in [2.24, 2.45) is 0 Å². The second kappa shape index (κ2) is 7.00. The number of aliphatic hydroxyl groups is 1. The fourth-order valence-electron chi connectivity index (χ4n) is 3.13. The molecule has 1 saturated heterocycles. The minimum atomic E-state index is -4.29. The van der Waals surface area contributed by atoms with Gasteiger partial charge in [0.2, 0.25) is 0 Å². The molecule has 2 heterocycles. The lowest BCUT2D eigenvalue weighted by Gasteiger charge is -2.31. The first-order chi connectivity index (χ1) is 12.1. The van der Waals surface area contributed by atoms with Crippen molar-refractivity contribution in [1.29, 1.82) is 0 Å². The lowest BCUT2D eigenvalue weighted by Crippen LogP contribution is -2.34. The van der Waals surface area contributed by atoms with E-state index in [1.165, 1.54) is 0 Å². The van der Waals surface area contributed by atoms with Gasteiger partial charge in [-0.25, -0.2) is 4.68 Å². The number of alkyl halides is 3. The van der Waals surface area contributed by atoms with E-state index in [0.29, 0.717) is 12.2 Å². The SMILES string of the molecule is CC(C)(O)c1cn(C2CCN(Cc3ccc(C(F)(F)F)cc3)CC2)nn1. The molecule has 142 valence electrons. The van der Waals surface area contributed by atoms with Gasteiger partial charge in [0.15, 0.2) is 0 Å². The summed E-state index contributed by atoms with van der Waals surface area (Å²) >= 11 is 0. The Kier molecular flexibility index (Phi) is 5.07. The first kappa shape index (κ1) is 18.8. The molecule has 1 aliphatic rings. The molecule has 1 aromatic heterocycles. The molecule has 0 amide bonds. The second-order valence-electron chi connectivity index (χ2n) is 7.34. The van der Waals surface area contributed by atoms with E-state index in [2.05, 4.69) is 15.2 Å². The van der Waals surface area contributed by atoms with Gasteiger partial charge in [0.25, 0.3) is 0 Å². The highest BCUT2D eigenvalue weighted by Gasteiger charge is 2.30. The summed E-state index contributed by atoms with van der Waals surface area (Å²) in [5.74, 6) is 0. The van der Waals surface area contributed by atoms with Crippen LogP contribution in [-0.2, 0) is 18.3 Å². The monoisotopic (exact) mass is 368 g/mol. The molecule has 1 N–H and O–H groups in total. The Morgan fingerprint density at radius 3 is 2.23 bits per heavy atom. The highest BCUT2D eigenvalue weighted by molar-refractivity contribution is 5.24. The Bertz CT molecular complexity index is 726. The summed E-state index contributed by atoms with van der Waals surface area (Å²) < 4.78 is 39.7. The van der Waals surface area contributed by atoms with Crippen LogP contribution in [0.2, 0.25) is 0 Å². The summed E-state index contributed by atoms with van der Waals surface area (Å²) in [6.07, 6.45) is -0.739. The standard InChI is InChI=1S/C18H23F3N4O/c1-17(2,26)16-12-25(23-22-16)15-7-9-24(10-8-15)11-13-3-5-14(6-4-13)18(19,20)21/h3-6,12,15,26H,7-11H2,1-2H3. The van der Waals surface area contributed by atoms with E-state index in [4.69, 9.17) is 0 Å². The van der Waals surface area contributed by atoms with Crippen molar-refractivity contribution in [2.75, 3.05) is 13.1 Å². The van der Waals surface area contributed by atoms with Crippen LogP contribution in [0.4, 0.5) is 13.2 Å². The lowest BCUT2D eigenvalue weighted by molar-refractivity contribution is -0.137. The van der Waals surface area contributed by atoms with Gasteiger partial charge < -0.3 is 5.11 Å². The number of nitrogens with zero attached hydrogens (tertiary/aromatic N) is 4. The van der Waals surface area contributed by atoms with Crippen LogP contribution in [0.15, 0.2) is 30.5 Å². The first-order valence-electron chi connectivity index (χ1n) is 8.66. The fraction of sp³-hybridized carbons (Fsp3) is 0.556. The molecule has 26 heavy (non-hydrogen) atoms. The first-order valence-corrected chi connectivity index (χ1v) is 8.66. The molecule has 1 aromatic carbocycles. The van der Waals surface area contributed by atoms with Gasteiger partial charge in [-0.1, -0.05) is 17.3 Å². The molecular weight excluding hydrogens is 345 g/mol. The molecule has 0 aliphatic carbocycles. The molecule has 0 saturated carbocycles. The maximum atomic E-state index is 12.6. The van der Waals surface area contributed by atoms with Gasteiger partial charge >= 0.3 is 6.18 Å². The largest absolute Gasteiger partial charge is 0.416 e.